The van der Waals surface area contributed by atoms with Crippen LogP contribution >= 0.6 is 0 Å². The summed E-state index contributed by atoms with van der Waals surface area (Å²) in [5.74, 6) is -1.71. The Morgan fingerprint density at radius 3 is 2.53 bits per heavy atom. The highest BCUT2D eigenvalue weighted by molar-refractivity contribution is 5.88. The first-order valence-electron chi connectivity index (χ1n) is 4.38. The molecule has 0 unspecified atom stereocenters. The topological polar surface area (TPSA) is 54.4 Å². The quantitative estimate of drug-likeness (QED) is 0.776. The van der Waals surface area contributed by atoms with Crippen molar-refractivity contribution in [2.45, 2.75) is 19.3 Å². The van der Waals surface area contributed by atoms with Gasteiger partial charge in [-0.3, -0.25) is 0 Å². The second-order valence-electron chi connectivity index (χ2n) is 3.84. The molecule has 3 nitrogen and oxygen atoms in total. The lowest BCUT2D eigenvalue weighted by Crippen LogP contribution is -2.21. The van der Waals surface area contributed by atoms with Crippen LogP contribution in [0, 0.1) is 5.82 Å². The van der Waals surface area contributed by atoms with Gasteiger partial charge in [0.25, 0.3) is 0 Å². The molecule has 4 heteroatoms. The molecule has 0 aliphatic heterocycles. The van der Waals surface area contributed by atoms with Crippen molar-refractivity contribution >= 4 is 12.3 Å². The van der Waals surface area contributed by atoms with Crippen molar-refractivity contribution in [3.05, 3.63) is 35.1 Å². The zero-order chi connectivity index (χ0) is 11.6. The van der Waals surface area contributed by atoms with Crippen LogP contribution in [0.4, 0.5) is 4.39 Å². The first-order chi connectivity index (χ1) is 6.88. The standard InChI is InChI=1S/C11H11FO3/c1-11(2,6-13)8-5-7(10(14)15)3-4-9(8)12/h3-6H,1-2H3,(H,14,15). The Bertz CT molecular complexity index is 410. The van der Waals surface area contributed by atoms with Crippen molar-refractivity contribution in [2.24, 2.45) is 0 Å². The van der Waals surface area contributed by atoms with E-state index in [1.165, 1.54) is 26.0 Å². The van der Waals surface area contributed by atoms with Crippen molar-refractivity contribution in [3.63, 3.8) is 0 Å². The number of carbonyl (C=O) groups excluding carboxylic acids is 1. The molecule has 1 rings (SSSR count). The molecule has 0 saturated carbocycles. The number of carboxylic acid groups (broad SMARTS) is 1. The number of halogens is 1. The highest BCUT2D eigenvalue weighted by atomic mass is 19.1. The van der Waals surface area contributed by atoms with E-state index < -0.39 is 17.2 Å². The fraction of sp³-hybridized carbons (Fsp3) is 0.273. The Kier molecular flexibility index (Phi) is 2.88. The van der Waals surface area contributed by atoms with Gasteiger partial charge in [0.1, 0.15) is 12.1 Å². The summed E-state index contributed by atoms with van der Waals surface area (Å²) in [6, 6.07) is 3.41. The second-order valence-corrected chi connectivity index (χ2v) is 3.84. The molecule has 0 spiro atoms. The molecule has 0 aliphatic rings. The summed E-state index contributed by atoms with van der Waals surface area (Å²) >= 11 is 0. The van der Waals surface area contributed by atoms with E-state index in [-0.39, 0.29) is 11.1 Å². The lowest BCUT2D eigenvalue weighted by molar-refractivity contribution is -0.111. The minimum absolute atomic E-state index is 0.0266. The smallest absolute Gasteiger partial charge is 0.335 e. The van der Waals surface area contributed by atoms with Crippen LogP contribution < -0.4 is 0 Å². The van der Waals surface area contributed by atoms with Gasteiger partial charge in [-0.05, 0) is 32.0 Å². The van der Waals surface area contributed by atoms with Gasteiger partial charge in [0, 0.05) is 11.0 Å². The molecule has 0 aromatic heterocycles. The van der Waals surface area contributed by atoms with Crippen molar-refractivity contribution in [1.82, 2.24) is 0 Å². The Labute approximate surface area is 86.5 Å². The normalized spacial score (nSPS) is 11.1. The van der Waals surface area contributed by atoms with Gasteiger partial charge in [0.2, 0.25) is 0 Å². The molecule has 0 aliphatic carbocycles. The summed E-state index contributed by atoms with van der Waals surface area (Å²) in [4.78, 5) is 21.4. The number of hydrogen-bond acceptors (Lipinski definition) is 2. The highest BCUT2D eigenvalue weighted by Gasteiger charge is 2.24. The number of aromatic carboxylic acids is 1. The van der Waals surface area contributed by atoms with Crippen molar-refractivity contribution < 1.29 is 19.1 Å². The summed E-state index contributed by atoms with van der Waals surface area (Å²) in [5, 5.41) is 8.73. The van der Waals surface area contributed by atoms with Crippen molar-refractivity contribution in [1.29, 1.82) is 0 Å². The van der Waals surface area contributed by atoms with Crippen LogP contribution in [0.25, 0.3) is 0 Å². The predicted molar refractivity (Wildman–Crippen MR) is 52.4 cm³/mol. The van der Waals surface area contributed by atoms with Crippen LogP contribution in [0.2, 0.25) is 0 Å². The fourth-order valence-electron chi connectivity index (χ4n) is 1.22. The Hall–Kier alpha value is -1.71. The third-order valence-electron chi connectivity index (χ3n) is 2.20. The van der Waals surface area contributed by atoms with Crippen LogP contribution in [0.3, 0.4) is 0 Å². The van der Waals surface area contributed by atoms with Gasteiger partial charge in [-0.2, -0.15) is 0 Å². The Morgan fingerprint density at radius 2 is 2.07 bits per heavy atom. The molecular weight excluding hydrogens is 199 g/mol. The number of hydrogen-bond donors (Lipinski definition) is 1. The molecule has 1 aromatic rings. The van der Waals surface area contributed by atoms with E-state index >= 15 is 0 Å². The van der Waals surface area contributed by atoms with E-state index in [2.05, 4.69) is 0 Å². The van der Waals surface area contributed by atoms with E-state index in [1.807, 2.05) is 0 Å². The van der Waals surface area contributed by atoms with E-state index in [9.17, 15) is 14.0 Å². The molecule has 15 heavy (non-hydrogen) atoms. The molecule has 0 heterocycles. The largest absolute Gasteiger partial charge is 0.478 e. The second kappa shape index (κ2) is 3.81. The molecule has 0 amide bonds. The first-order valence-corrected chi connectivity index (χ1v) is 4.38. The minimum Gasteiger partial charge on any atom is -0.478 e. The summed E-state index contributed by atoms with van der Waals surface area (Å²) in [6.45, 7) is 3.06. The zero-order valence-corrected chi connectivity index (χ0v) is 8.45. The van der Waals surface area contributed by atoms with Crippen LogP contribution in [0.5, 0.6) is 0 Å². The Balaban J connectivity index is 3.34. The van der Waals surface area contributed by atoms with Gasteiger partial charge in [0.15, 0.2) is 0 Å². The monoisotopic (exact) mass is 210 g/mol. The third kappa shape index (κ3) is 2.21. The molecule has 0 radical (unpaired) electrons. The lowest BCUT2D eigenvalue weighted by Gasteiger charge is -2.18. The van der Waals surface area contributed by atoms with E-state index in [4.69, 9.17) is 5.11 Å². The van der Waals surface area contributed by atoms with Gasteiger partial charge in [0.05, 0.1) is 5.56 Å². The SMILES string of the molecule is CC(C)(C=O)c1cc(C(=O)O)ccc1F. The number of benzene rings is 1. The maximum Gasteiger partial charge on any atom is 0.335 e. The van der Waals surface area contributed by atoms with Gasteiger partial charge in [-0.25, -0.2) is 9.18 Å². The predicted octanol–water partition coefficient (Wildman–Crippen LogP) is 2.00. The lowest BCUT2D eigenvalue weighted by atomic mass is 9.85. The summed E-state index contributed by atoms with van der Waals surface area (Å²) in [6.07, 6.45) is 0.594. The van der Waals surface area contributed by atoms with Gasteiger partial charge in [-0.1, -0.05) is 0 Å². The van der Waals surface area contributed by atoms with Crippen LogP contribution in [0.1, 0.15) is 29.8 Å². The molecule has 0 fully saturated rings. The molecular formula is C11H11FO3. The molecule has 0 bridgehead atoms. The number of carboxylic acids is 1. The minimum atomic E-state index is -1.14. The third-order valence-corrected chi connectivity index (χ3v) is 2.20. The van der Waals surface area contributed by atoms with Crippen molar-refractivity contribution in [2.75, 3.05) is 0 Å². The molecule has 80 valence electrons. The highest BCUT2D eigenvalue weighted by Crippen LogP contribution is 2.24. The first kappa shape index (κ1) is 11.4. The van der Waals surface area contributed by atoms with Crippen LogP contribution in [-0.4, -0.2) is 17.4 Å². The van der Waals surface area contributed by atoms with Gasteiger partial charge in [-0.15, -0.1) is 0 Å². The maximum atomic E-state index is 13.4. The zero-order valence-electron chi connectivity index (χ0n) is 8.45. The summed E-state index contributed by atoms with van der Waals surface area (Å²) in [7, 11) is 0. The Morgan fingerprint density at radius 1 is 1.47 bits per heavy atom. The van der Waals surface area contributed by atoms with Crippen LogP contribution in [-0.2, 0) is 10.2 Å². The maximum absolute atomic E-state index is 13.4. The molecule has 1 N–H and O–H groups in total. The number of carbonyl (C=O) groups is 2. The van der Waals surface area contributed by atoms with E-state index in [0.717, 1.165) is 6.07 Å². The molecule has 1 aromatic carbocycles. The summed E-state index contributed by atoms with van der Waals surface area (Å²) < 4.78 is 13.4. The average molecular weight is 210 g/mol. The number of aldehydes is 1. The van der Waals surface area contributed by atoms with Gasteiger partial charge >= 0.3 is 5.97 Å². The summed E-state index contributed by atoms with van der Waals surface area (Å²) in [5.41, 5.74) is -0.950. The van der Waals surface area contributed by atoms with Crippen molar-refractivity contribution in [3.8, 4) is 0 Å². The number of rotatable bonds is 3. The molecule has 0 atom stereocenters. The van der Waals surface area contributed by atoms with E-state index in [0.29, 0.717) is 6.29 Å². The fourth-order valence-corrected chi connectivity index (χ4v) is 1.22. The van der Waals surface area contributed by atoms with Crippen LogP contribution in [0.15, 0.2) is 18.2 Å². The molecule has 0 saturated heterocycles. The van der Waals surface area contributed by atoms with E-state index in [1.54, 1.807) is 0 Å². The average Bonchev–Trinajstić information content (AvgIpc) is 2.17. The van der Waals surface area contributed by atoms with Gasteiger partial charge < -0.3 is 9.90 Å².